The normalized spacial score (nSPS) is 12.2. The summed E-state index contributed by atoms with van der Waals surface area (Å²) < 4.78 is 52.9. The summed E-state index contributed by atoms with van der Waals surface area (Å²) in [6.07, 6.45) is -4.02. The van der Waals surface area contributed by atoms with Gasteiger partial charge in [0, 0.05) is 16.4 Å². The lowest BCUT2D eigenvalue weighted by Crippen LogP contribution is -2.09. The SMILES string of the molecule is Cc1cc(CO[P+](=O)O)ccc1Nc1ncc(C(F)(F)F)c(Cl)n1. The van der Waals surface area contributed by atoms with Crippen LogP contribution in [-0.2, 0) is 21.9 Å². The fourth-order valence-electron chi connectivity index (χ4n) is 1.82. The molecule has 24 heavy (non-hydrogen) atoms. The molecule has 1 atom stereocenters. The van der Waals surface area contributed by atoms with Gasteiger partial charge in [-0.3, -0.25) is 0 Å². The monoisotopic (exact) mass is 380 g/mol. The van der Waals surface area contributed by atoms with Gasteiger partial charge in [0.1, 0.15) is 17.3 Å². The molecule has 128 valence electrons. The van der Waals surface area contributed by atoms with Crippen molar-refractivity contribution in [2.24, 2.45) is 0 Å². The van der Waals surface area contributed by atoms with E-state index in [-0.39, 0.29) is 12.6 Å². The standard InChI is InChI=1S/C13H10ClF3N3O3P/c1-7-4-8(6-23-24(21)22)2-3-10(7)19-12-18-5-9(11(14)20-12)13(15,16)17/h2-5H,6H2,1H3,(H-,18,19,20,21,22)/p+1. The van der Waals surface area contributed by atoms with Crippen molar-refractivity contribution in [1.29, 1.82) is 0 Å². The van der Waals surface area contributed by atoms with E-state index < -0.39 is 25.1 Å². The van der Waals surface area contributed by atoms with Gasteiger partial charge in [0.05, 0.1) is 0 Å². The predicted molar refractivity (Wildman–Crippen MR) is 81.1 cm³/mol. The molecule has 0 aliphatic rings. The first-order valence-corrected chi connectivity index (χ1v) is 7.93. The van der Waals surface area contributed by atoms with E-state index in [9.17, 15) is 17.7 Å². The fourth-order valence-corrected chi connectivity index (χ4v) is 2.31. The molecule has 0 saturated heterocycles. The Balaban J connectivity index is 2.16. The molecule has 0 spiro atoms. The number of aromatic nitrogens is 2. The second kappa shape index (κ2) is 7.40. The Morgan fingerprint density at radius 2 is 2.12 bits per heavy atom. The second-order valence-electron chi connectivity index (χ2n) is 4.68. The van der Waals surface area contributed by atoms with E-state index >= 15 is 0 Å². The number of aryl methyl sites for hydroxylation is 1. The van der Waals surface area contributed by atoms with Gasteiger partial charge < -0.3 is 5.32 Å². The maximum absolute atomic E-state index is 12.6. The van der Waals surface area contributed by atoms with Crippen LogP contribution >= 0.6 is 19.9 Å². The van der Waals surface area contributed by atoms with E-state index in [1.807, 2.05) is 0 Å². The van der Waals surface area contributed by atoms with Crippen LogP contribution in [-0.4, -0.2) is 14.9 Å². The molecule has 2 N–H and O–H groups in total. The smallest absolute Gasteiger partial charge is 0.324 e. The Bertz CT molecular complexity index is 774. The molecule has 0 amide bonds. The van der Waals surface area contributed by atoms with Crippen molar-refractivity contribution in [2.75, 3.05) is 5.32 Å². The van der Waals surface area contributed by atoms with Crippen LogP contribution in [0.2, 0.25) is 5.15 Å². The molecule has 1 aromatic heterocycles. The molecule has 2 aromatic rings. The lowest BCUT2D eigenvalue weighted by atomic mass is 10.1. The summed E-state index contributed by atoms with van der Waals surface area (Å²) in [7, 11) is -2.69. The Kier molecular flexibility index (Phi) is 5.71. The highest BCUT2D eigenvalue weighted by Gasteiger charge is 2.34. The van der Waals surface area contributed by atoms with E-state index in [2.05, 4.69) is 19.8 Å². The third kappa shape index (κ3) is 4.85. The highest BCUT2D eigenvalue weighted by atomic mass is 35.5. The summed E-state index contributed by atoms with van der Waals surface area (Å²) in [6, 6.07) is 4.93. The molecule has 0 fully saturated rings. The maximum Gasteiger partial charge on any atom is 0.695 e. The molecule has 1 unspecified atom stereocenters. The van der Waals surface area contributed by atoms with Crippen molar-refractivity contribution >= 4 is 31.5 Å². The van der Waals surface area contributed by atoms with Gasteiger partial charge in [0.2, 0.25) is 5.95 Å². The number of hydrogen-bond acceptors (Lipinski definition) is 5. The number of nitrogens with one attached hydrogen (secondary N) is 1. The zero-order chi connectivity index (χ0) is 17.9. The summed E-state index contributed by atoms with van der Waals surface area (Å²) in [6.45, 7) is 1.69. The lowest BCUT2D eigenvalue weighted by Gasteiger charge is -2.11. The van der Waals surface area contributed by atoms with Crippen molar-refractivity contribution in [3.63, 3.8) is 0 Å². The number of nitrogens with zero attached hydrogens (tertiary/aromatic N) is 2. The zero-order valence-electron chi connectivity index (χ0n) is 12.1. The molecule has 0 radical (unpaired) electrons. The molecule has 0 aliphatic heterocycles. The quantitative estimate of drug-likeness (QED) is 0.592. The van der Waals surface area contributed by atoms with Gasteiger partial charge in [-0.2, -0.15) is 13.2 Å². The van der Waals surface area contributed by atoms with Crippen LogP contribution in [0.5, 0.6) is 0 Å². The third-order valence-corrected chi connectivity index (χ3v) is 3.56. The lowest BCUT2D eigenvalue weighted by molar-refractivity contribution is -0.137. The Labute approximate surface area is 140 Å². The third-order valence-electron chi connectivity index (χ3n) is 2.93. The average molecular weight is 381 g/mol. The average Bonchev–Trinajstić information content (AvgIpc) is 2.46. The van der Waals surface area contributed by atoms with Crippen molar-refractivity contribution in [3.8, 4) is 0 Å². The molecule has 11 heteroatoms. The molecule has 0 saturated carbocycles. The Morgan fingerprint density at radius 3 is 2.67 bits per heavy atom. The highest BCUT2D eigenvalue weighted by molar-refractivity contribution is 7.32. The zero-order valence-corrected chi connectivity index (χ0v) is 13.8. The van der Waals surface area contributed by atoms with Crippen molar-refractivity contribution in [2.45, 2.75) is 19.7 Å². The van der Waals surface area contributed by atoms with Gasteiger partial charge in [-0.15, -0.1) is 9.42 Å². The number of anilines is 2. The minimum absolute atomic E-state index is 0.0462. The molecule has 1 aromatic carbocycles. The van der Waals surface area contributed by atoms with Crippen molar-refractivity contribution in [3.05, 3.63) is 46.2 Å². The first kappa shape index (κ1) is 18.5. The summed E-state index contributed by atoms with van der Waals surface area (Å²) in [4.78, 5) is 15.8. The van der Waals surface area contributed by atoms with Crippen LogP contribution < -0.4 is 5.32 Å². The van der Waals surface area contributed by atoms with Crippen molar-refractivity contribution in [1.82, 2.24) is 9.97 Å². The van der Waals surface area contributed by atoms with Gasteiger partial charge in [0.25, 0.3) is 0 Å². The van der Waals surface area contributed by atoms with Crippen LogP contribution in [0, 0.1) is 6.92 Å². The van der Waals surface area contributed by atoms with Gasteiger partial charge in [-0.1, -0.05) is 23.7 Å². The number of halogens is 4. The van der Waals surface area contributed by atoms with Crippen LogP contribution in [0.15, 0.2) is 24.4 Å². The van der Waals surface area contributed by atoms with Gasteiger partial charge >= 0.3 is 14.4 Å². The first-order chi connectivity index (χ1) is 11.2. The summed E-state index contributed by atoms with van der Waals surface area (Å²) in [5, 5.41) is 2.06. The summed E-state index contributed by atoms with van der Waals surface area (Å²) in [5.74, 6) is -0.0847. The topological polar surface area (TPSA) is 84.3 Å². The van der Waals surface area contributed by atoms with Gasteiger partial charge in [0.15, 0.2) is 0 Å². The van der Waals surface area contributed by atoms with E-state index in [1.54, 1.807) is 25.1 Å². The second-order valence-corrected chi connectivity index (χ2v) is 5.77. The molecular weight excluding hydrogens is 370 g/mol. The first-order valence-electron chi connectivity index (χ1n) is 6.42. The molecule has 0 aliphatic carbocycles. The van der Waals surface area contributed by atoms with Crippen LogP contribution in [0.25, 0.3) is 0 Å². The van der Waals surface area contributed by atoms with Gasteiger partial charge in [-0.05, 0) is 24.1 Å². The number of rotatable bonds is 5. The predicted octanol–water partition coefficient (Wildman–Crippen LogP) is 4.37. The number of alkyl halides is 3. The molecule has 1 heterocycles. The van der Waals surface area contributed by atoms with Crippen LogP contribution in [0.3, 0.4) is 0 Å². The minimum atomic E-state index is -4.62. The Hall–Kier alpha value is -1.80. The van der Waals surface area contributed by atoms with Crippen LogP contribution in [0.1, 0.15) is 16.7 Å². The van der Waals surface area contributed by atoms with E-state index in [4.69, 9.17) is 16.5 Å². The number of hydrogen-bond donors (Lipinski definition) is 2. The van der Waals surface area contributed by atoms with Gasteiger partial charge in [-0.25, -0.2) is 9.97 Å². The summed E-state index contributed by atoms with van der Waals surface area (Å²) in [5.41, 5.74) is 0.797. The van der Waals surface area contributed by atoms with Crippen LogP contribution in [0.4, 0.5) is 24.8 Å². The van der Waals surface area contributed by atoms with E-state index in [0.29, 0.717) is 23.0 Å². The summed E-state index contributed by atoms with van der Waals surface area (Å²) >= 11 is 5.54. The molecular formula is C13H11ClF3N3O3P+. The van der Waals surface area contributed by atoms with Crippen molar-refractivity contribution < 1.29 is 27.2 Å². The largest absolute Gasteiger partial charge is 0.695 e. The molecule has 2 rings (SSSR count). The van der Waals surface area contributed by atoms with E-state index in [0.717, 1.165) is 0 Å². The fraction of sp³-hybridized carbons (Fsp3) is 0.231. The number of benzene rings is 1. The highest BCUT2D eigenvalue weighted by Crippen LogP contribution is 2.33. The molecule has 6 nitrogen and oxygen atoms in total. The Morgan fingerprint density at radius 1 is 1.42 bits per heavy atom. The minimum Gasteiger partial charge on any atom is -0.324 e. The maximum atomic E-state index is 12.6. The molecule has 0 bridgehead atoms. The van der Waals surface area contributed by atoms with E-state index in [1.165, 1.54) is 0 Å².